The van der Waals surface area contributed by atoms with E-state index in [2.05, 4.69) is 5.32 Å². The highest BCUT2D eigenvalue weighted by Crippen LogP contribution is 2.02. The fourth-order valence-electron chi connectivity index (χ4n) is 1.59. The van der Waals surface area contributed by atoms with E-state index in [-0.39, 0.29) is 6.04 Å². The van der Waals surface area contributed by atoms with Crippen LogP contribution in [0.25, 0.3) is 0 Å². The van der Waals surface area contributed by atoms with Crippen molar-refractivity contribution in [1.29, 1.82) is 0 Å². The molecule has 2 amide bonds. The zero-order chi connectivity index (χ0) is 14.3. The molecular weight excluding hydrogens is 240 g/mol. The van der Waals surface area contributed by atoms with E-state index in [9.17, 15) is 14.7 Å². The van der Waals surface area contributed by atoms with Crippen molar-refractivity contribution in [3.05, 3.63) is 0 Å². The molecule has 18 heavy (non-hydrogen) atoms. The van der Waals surface area contributed by atoms with Gasteiger partial charge in [0, 0.05) is 13.7 Å². The average Bonchev–Trinajstić information content (AvgIpc) is 2.26. The summed E-state index contributed by atoms with van der Waals surface area (Å²) in [5.41, 5.74) is 0. The topological polar surface area (TPSA) is 99.1 Å². The fourth-order valence-corrected chi connectivity index (χ4v) is 1.59. The van der Waals surface area contributed by atoms with Gasteiger partial charge in [-0.05, 0) is 20.8 Å². The predicted octanol–water partition coefficient (Wildman–Crippen LogP) is -0.113. The number of carbonyl (C=O) groups is 2. The molecular formula is C11H22N2O5. The summed E-state index contributed by atoms with van der Waals surface area (Å²) in [7, 11) is 1.53. The Balaban J connectivity index is 4.64. The van der Waals surface area contributed by atoms with Gasteiger partial charge >= 0.3 is 12.0 Å². The molecule has 3 atom stereocenters. The highest BCUT2D eigenvalue weighted by Gasteiger charge is 2.28. The standard InChI is InChI=1S/C11H22N2O5/c1-5-13(7(2)6-18-4)11(17)12-9(8(3)14)10(15)16/h7-9,14H,5-6H2,1-4H3,(H,12,17)(H,15,16)/t7?,8-,9+/m1/s1. The molecule has 0 aromatic carbocycles. The van der Waals surface area contributed by atoms with Crippen molar-refractivity contribution in [3.8, 4) is 0 Å². The van der Waals surface area contributed by atoms with Gasteiger partial charge in [0.05, 0.1) is 18.8 Å². The SMILES string of the molecule is CCN(C(=O)N[C@H](C(=O)O)[C@@H](C)O)C(C)COC. The molecule has 7 nitrogen and oxygen atoms in total. The van der Waals surface area contributed by atoms with Crippen LogP contribution in [0.3, 0.4) is 0 Å². The van der Waals surface area contributed by atoms with Crippen molar-refractivity contribution < 1.29 is 24.5 Å². The van der Waals surface area contributed by atoms with Crippen molar-refractivity contribution in [2.75, 3.05) is 20.3 Å². The number of amides is 2. The number of carboxylic acid groups (broad SMARTS) is 1. The molecule has 0 aliphatic carbocycles. The second kappa shape index (κ2) is 7.88. The number of methoxy groups -OCH3 is 1. The highest BCUT2D eigenvalue weighted by molar-refractivity contribution is 5.83. The van der Waals surface area contributed by atoms with Crippen molar-refractivity contribution in [3.63, 3.8) is 0 Å². The van der Waals surface area contributed by atoms with Crippen LogP contribution in [0.5, 0.6) is 0 Å². The zero-order valence-electron chi connectivity index (χ0n) is 11.2. The van der Waals surface area contributed by atoms with Gasteiger partial charge in [0.1, 0.15) is 0 Å². The Labute approximate surface area is 107 Å². The number of aliphatic carboxylic acids is 1. The Morgan fingerprint density at radius 1 is 1.39 bits per heavy atom. The van der Waals surface area contributed by atoms with Gasteiger partial charge in [-0.15, -0.1) is 0 Å². The third kappa shape index (κ3) is 4.89. The summed E-state index contributed by atoms with van der Waals surface area (Å²) in [6.45, 7) is 5.67. The quantitative estimate of drug-likeness (QED) is 0.594. The van der Waals surface area contributed by atoms with E-state index in [0.29, 0.717) is 13.2 Å². The molecule has 1 unspecified atom stereocenters. The number of hydrogen-bond acceptors (Lipinski definition) is 4. The van der Waals surface area contributed by atoms with Gasteiger partial charge < -0.3 is 25.2 Å². The van der Waals surface area contributed by atoms with Gasteiger partial charge in [0.25, 0.3) is 0 Å². The molecule has 0 heterocycles. The Bertz CT molecular complexity index is 283. The zero-order valence-corrected chi connectivity index (χ0v) is 11.2. The first-order valence-electron chi connectivity index (χ1n) is 5.82. The van der Waals surface area contributed by atoms with Crippen LogP contribution in [0.15, 0.2) is 0 Å². The van der Waals surface area contributed by atoms with E-state index in [1.165, 1.54) is 18.9 Å². The summed E-state index contributed by atoms with van der Waals surface area (Å²) in [5.74, 6) is -1.27. The second-order valence-corrected chi connectivity index (χ2v) is 4.10. The largest absolute Gasteiger partial charge is 0.480 e. The number of hydrogen-bond donors (Lipinski definition) is 3. The van der Waals surface area contributed by atoms with Crippen LogP contribution in [0.1, 0.15) is 20.8 Å². The Hall–Kier alpha value is -1.34. The smallest absolute Gasteiger partial charge is 0.328 e. The molecule has 0 saturated heterocycles. The summed E-state index contributed by atoms with van der Waals surface area (Å²) in [6, 6.07) is -2.03. The van der Waals surface area contributed by atoms with E-state index in [0.717, 1.165) is 0 Å². The number of ether oxygens (including phenoxy) is 1. The number of rotatable bonds is 7. The first-order chi connectivity index (χ1) is 8.34. The van der Waals surface area contributed by atoms with Crippen molar-refractivity contribution in [1.82, 2.24) is 10.2 Å². The fraction of sp³-hybridized carbons (Fsp3) is 0.818. The van der Waals surface area contributed by atoms with Crippen molar-refractivity contribution >= 4 is 12.0 Å². The van der Waals surface area contributed by atoms with Gasteiger partial charge in [-0.2, -0.15) is 0 Å². The Morgan fingerprint density at radius 3 is 2.28 bits per heavy atom. The summed E-state index contributed by atoms with van der Waals surface area (Å²) in [5, 5.41) is 20.4. The molecule has 0 spiro atoms. The minimum Gasteiger partial charge on any atom is -0.480 e. The van der Waals surface area contributed by atoms with Crippen LogP contribution in [0.4, 0.5) is 4.79 Å². The number of aliphatic hydroxyl groups is 1. The van der Waals surface area contributed by atoms with Crippen LogP contribution in [0.2, 0.25) is 0 Å². The number of urea groups is 1. The second-order valence-electron chi connectivity index (χ2n) is 4.10. The monoisotopic (exact) mass is 262 g/mol. The van der Waals surface area contributed by atoms with Crippen molar-refractivity contribution in [2.45, 2.75) is 39.0 Å². The Morgan fingerprint density at radius 2 is 1.94 bits per heavy atom. The van der Waals surface area contributed by atoms with E-state index < -0.39 is 24.1 Å². The van der Waals surface area contributed by atoms with E-state index >= 15 is 0 Å². The number of nitrogens with zero attached hydrogens (tertiary/aromatic N) is 1. The summed E-state index contributed by atoms with van der Waals surface area (Å²) >= 11 is 0. The predicted molar refractivity (Wildman–Crippen MR) is 65.4 cm³/mol. The molecule has 0 aliphatic heterocycles. The lowest BCUT2D eigenvalue weighted by Crippen LogP contribution is -2.54. The molecule has 3 N–H and O–H groups in total. The minimum absolute atomic E-state index is 0.177. The van der Waals surface area contributed by atoms with Crippen LogP contribution >= 0.6 is 0 Å². The van der Waals surface area contributed by atoms with E-state index in [4.69, 9.17) is 9.84 Å². The van der Waals surface area contributed by atoms with Gasteiger partial charge in [-0.3, -0.25) is 0 Å². The number of nitrogens with one attached hydrogen (secondary N) is 1. The molecule has 0 aromatic heterocycles. The molecule has 0 radical (unpaired) electrons. The van der Waals surface area contributed by atoms with E-state index in [1.54, 1.807) is 13.8 Å². The van der Waals surface area contributed by atoms with Crippen molar-refractivity contribution in [2.24, 2.45) is 0 Å². The molecule has 7 heteroatoms. The number of carbonyl (C=O) groups excluding carboxylic acids is 1. The number of carboxylic acids is 1. The highest BCUT2D eigenvalue weighted by atomic mass is 16.5. The molecule has 0 bridgehead atoms. The van der Waals surface area contributed by atoms with Crippen LogP contribution < -0.4 is 5.32 Å². The Kier molecular flexibility index (Phi) is 7.30. The van der Waals surface area contributed by atoms with Crippen LogP contribution in [0, 0.1) is 0 Å². The van der Waals surface area contributed by atoms with Crippen LogP contribution in [-0.2, 0) is 9.53 Å². The van der Waals surface area contributed by atoms with Gasteiger partial charge in [0.2, 0.25) is 0 Å². The lowest BCUT2D eigenvalue weighted by atomic mass is 10.2. The van der Waals surface area contributed by atoms with Gasteiger partial charge in [0.15, 0.2) is 6.04 Å². The first kappa shape index (κ1) is 16.7. The maximum atomic E-state index is 11.9. The maximum absolute atomic E-state index is 11.9. The lowest BCUT2D eigenvalue weighted by Gasteiger charge is -2.29. The van der Waals surface area contributed by atoms with Gasteiger partial charge in [-0.1, -0.05) is 0 Å². The molecule has 0 aromatic rings. The maximum Gasteiger partial charge on any atom is 0.328 e. The summed E-state index contributed by atoms with van der Waals surface area (Å²) < 4.78 is 4.95. The molecule has 106 valence electrons. The summed E-state index contributed by atoms with van der Waals surface area (Å²) in [6.07, 6.45) is -1.16. The number of likely N-dealkylation sites (N-methyl/N-ethyl adjacent to an activating group) is 1. The third-order valence-corrected chi connectivity index (χ3v) is 2.57. The van der Waals surface area contributed by atoms with E-state index in [1.807, 2.05) is 0 Å². The minimum atomic E-state index is -1.32. The molecule has 0 aliphatic rings. The molecule has 0 rings (SSSR count). The normalized spacial score (nSPS) is 15.6. The average molecular weight is 262 g/mol. The third-order valence-electron chi connectivity index (χ3n) is 2.57. The summed E-state index contributed by atoms with van der Waals surface area (Å²) in [4.78, 5) is 24.2. The lowest BCUT2D eigenvalue weighted by molar-refractivity contribution is -0.141. The first-order valence-corrected chi connectivity index (χ1v) is 5.82. The van der Waals surface area contributed by atoms with Crippen LogP contribution in [-0.4, -0.2) is 65.6 Å². The number of aliphatic hydroxyl groups excluding tert-OH is 1. The molecule has 0 fully saturated rings. The van der Waals surface area contributed by atoms with Gasteiger partial charge in [-0.25, -0.2) is 9.59 Å². The molecule has 0 saturated carbocycles.